The largest absolute Gasteiger partial charge is 0.508 e. The molecule has 3 heterocycles. The van der Waals surface area contributed by atoms with Crippen LogP contribution in [0.15, 0.2) is 59.7 Å². The van der Waals surface area contributed by atoms with Crippen molar-refractivity contribution in [1.82, 2.24) is 19.9 Å². The molecular formula is C21H22N4O2. The van der Waals surface area contributed by atoms with E-state index in [9.17, 15) is 9.90 Å². The zero-order valence-electron chi connectivity index (χ0n) is 15.0. The number of phenolic OH excluding ortho intramolecular Hbond substituents is 1. The van der Waals surface area contributed by atoms with Crippen LogP contribution in [0.3, 0.4) is 0 Å². The second kappa shape index (κ2) is 7.72. The summed E-state index contributed by atoms with van der Waals surface area (Å²) in [4.78, 5) is 26.1. The number of para-hydroxylation sites is 1. The molecule has 6 heteroatoms. The van der Waals surface area contributed by atoms with E-state index in [1.165, 1.54) is 0 Å². The predicted molar refractivity (Wildman–Crippen MR) is 103 cm³/mol. The number of aromatic amines is 1. The van der Waals surface area contributed by atoms with E-state index in [4.69, 9.17) is 4.98 Å². The molecule has 6 nitrogen and oxygen atoms in total. The monoisotopic (exact) mass is 362 g/mol. The number of likely N-dealkylation sites (tertiary alicyclic amines) is 1. The molecule has 2 N–H and O–H groups in total. The maximum atomic E-state index is 12.2. The van der Waals surface area contributed by atoms with Crippen LogP contribution in [0, 0.1) is 0 Å². The number of nitrogens with zero attached hydrogens (tertiary/aromatic N) is 3. The first-order valence-electron chi connectivity index (χ1n) is 9.20. The summed E-state index contributed by atoms with van der Waals surface area (Å²) in [6.45, 7) is 2.50. The van der Waals surface area contributed by atoms with E-state index in [1.54, 1.807) is 24.5 Å². The average molecular weight is 362 g/mol. The van der Waals surface area contributed by atoms with Gasteiger partial charge in [0.15, 0.2) is 0 Å². The Labute approximate surface area is 157 Å². The van der Waals surface area contributed by atoms with E-state index in [0.29, 0.717) is 18.1 Å². The van der Waals surface area contributed by atoms with Gasteiger partial charge in [-0.3, -0.25) is 14.7 Å². The molecule has 0 radical (unpaired) electrons. The van der Waals surface area contributed by atoms with Crippen molar-refractivity contribution >= 4 is 0 Å². The summed E-state index contributed by atoms with van der Waals surface area (Å²) in [5.41, 5.74) is 2.47. The summed E-state index contributed by atoms with van der Waals surface area (Å²) in [6.07, 6.45) is 5.42. The minimum Gasteiger partial charge on any atom is -0.508 e. The standard InChI is InChI=1S/C21H22N4O2/c26-19-6-2-1-4-17(19)14-25-11-3-5-16(13-25)18-12-20(27)24-21(23-18)15-7-9-22-10-8-15/h1-2,4,6-10,12,16,26H,3,5,11,13-14H2,(H,23,24,27)/t16-/m0/s1. The summed E-state index contributed by atoms with van der Waals surface area (Å²) in [7, 11) is 0. The van der Waals surface area contributed by atoms with Crippen LogP contribution in [0.1, 0.15) is 30.0 Å². The molecule has 1 atom stereocenters. The molecule has 3 aromatic rings. The quantitative estimate of drug-likeness (QED) is 0.746. The lowest BCUT2D eigenvalue weighted by molar-refractivity contribution is 0.196. The normalized spacial score (nSPS) is 17.7. The summed E-state index contributed by atoms with van der Waals surface area (Å²) in [5, 5.41) is 10.0. The van der Waals surface area contributed by atoms with Gasteiger partial charge in [-0.1, -0.05) is 18.2 Å². The lowest BCUT2D eigenvalue weighted by atomic mass is 9.94. The molecule has 1 aliphatic rings. The molecule has 4 rings (SSSR count). The highest BCUT2D eigenvalue weighted by atomic mass is 16.3. The Morgan fingerprint density at radius 3 is 2.81 bits per heavy atom. The Morgan fingerprint density at radius 2 is 2.00 bits per heavy atom. The maximum absolute atomic E-state index is 12.2. The van der Waals surface area contributed by atoms with Crippen LogP contribution in [0.25, 0.3) is 11.4 Å². The molecule has 0 unspecified atom stereocenters. The molecule has 27 heavy (non-hydrogen) atoms. The highest BCUT2D eigenvalue weighted by Crippen LogP contribution is 2.28. The molecule has 0 aliphatic carbocycles. The molecule has 1 aliphatic heterocycles. The highest BCUT2D eigenvalue weighted by Gasteiger charge is 2.24. The van der Waals surface area contributed by atoms with Gasteiger partial charge in [-0.15, -0.1) is 0 Å². The van der Waals surface area contributed by atoms with E-state index in [-0.39, 0.29) is 11.5 Å². The smallest absolute Gasteiger partial charge is 0.251 e. The van der Waals surface area contributed by atoms with Gasteiger partial charge in [0.25, 0.3) is 5.56 Å². The van der Waals surface area contributed by atoms with Crippen molar-refractivity contribution in [3.8, 4) is 17.1 Å². The van der Waals surface area contributed by atoms with Gasteiger partial charge in [-0.25, -0.2) is 4.98 Å². The third-order valence-electron chi connectivity index (χ3n) is 5.02. The second-order valence-electron chi connectivity index (χ2n) is 6.96. The van der Waals surface area contributed by atoms with Crippen LogP contribution in [-0.2, 0) is 6.54 Å². The first-order valence-corrected chi connectivity index (χ1v) is 9.20. The summed E-state index contributed by atoms with van der Waals surface area (Å²) in [5.74, 6) is 1.11. The zero-order chi connectivity index (χ0) is 18.6. The third-order valence-corrected chi connectivity index (χ3v) is 5.02. The van der Waals surface area contributed by atoms with Gasteiger partial charge in [0.1, 0.15) is 11.6 Å². The number of nitrogens with one attached hydrogen (secondary N) is 1. The molecule has 0 bridgehead atoms. The van der Waals surface area contributed by atoms with Crippen LogP contribution in [0.5, 0.6) is 5.75 Å². The lowest BCUT2D eigenvalue weighted by Gasteiger charge is -2.32. The fourth-order valence-electron chi connectivity index (χ4n) is 3.66. The number of hydrogen-bond acceptors (Lipinski definition) is 5. The third kappa shape index (κ3) is 4.06. The number of rotatable bonds is 4. The number of aromatic nitrogens is 3. The molecule has 1 aromatic carbocycles. The molecular weight excluding hydrogens is 340 g/mol. The van der Waals surface area contributed by atoms with Gasteiger partial charge in [0.05, 0.1) is 5.69 Å². The first kappa shape index (κ1) is 17.4. The fraction of sp³-hybridized carbons (Fsp3) is 0.286. The van der Waals surface area contributed by atoms with Gasteiger partial charge in [-0.05, 0) is 37.6 Å². The van der Waals surface area contributed by atoms with E-state index in [2.05, 4.69) is 14.9 Å². The Morgan fingerprint density at radius 1 is 1.19 bits per heavy atom. The van der Waals surface area contributed by atoms with Crippen molar-refractivity contribution in [2.75, 3.05) is 13.1 Å². The summed E-state index contributed by atoms with van der Waals surface area (Å²) >= 11 is 0. The first-order chi connectivity index (χ1) is 13.2. The van der Waals surface area contributed by atoms with Crippen molar-refractivity contribution in [3.63, 3.8) is 0 Å². The second-order valence-corrected chi connectivity index (χ2v) is 6.96. The summed E-state index contributed by atoms with van der Waals surface area (Å²) in [6, 6.07) is 12.7. The van der Waals surface area contributed by atoms with Crippen LogP contribution in [0.4, 0.5) is 0 Å². The number of aromatic hydroxyl groups is 1. The van der Waals surface area contributed by atoms with Crippen LogP contribution in [-0.4, -0.2) is 38.0 Å². The molecule has 0 amide bonds. The molecule has 0 saturated carbocycles. The van der Waals surface area contributed by atoms with Gasteiger partial charge >= 0.3 is 0 Å². The van der Waals surface area contributed by atoms with Crippen LogP contribution < -0.4 is 5.56 Å². The van der Waals surface area contributed by atoms with E-state index in [0.717, 1.165) is 42.8 Å². The number of piperidine rings is 1. The average Bonchev–Trinajstić information content (AvgIpc) is 2.70. The van der Waals surface area contributed by atoms with Gasteiger partial charge < -0.3 is 10.1 Å². The van der Waals surface area contributed by atoms with E-state index >= 15 is 0 Å². The highest BCUT2D eigenvalue weighted by molar-refractivity contribution is 5.53. The minimum atomic E-state index is -0.135. The molecule has 0 spiro atoms. The predicted octanol–water partition coefficient (Wildman–Crippen LogP) is 2.92. The SMILES string of the molecule is O=c1cc([C@H]2CCCN(Cc3ccccc3O)C2)nc(-c2ccncc2)[nH]1. The van der Waals surface area contributed by atoms with E-state index in [1.807, 2.05) is 30.3 Å². The van der Waals surface area contributed by atoms with E-state index < -0.39 is 0 Å². The lowest BCUT2D eigenvalue weighted by Crippen LogP contribution is -2.34. The van der Waals surface area contributed by atoms with Crippen molar-refractivity contribution in [1.29, 1.82) is 0 Å². The van der Waals surface area contributed by atoms with Crippen molar-refractivity contribution in [3.05, 3.63) is 76.5 Å². The summed E-state index contributed by atoms with van der Waals surface area (Å²) < 4.78 is 0. The van der Waals surface area contributed by atoms with Crippen molar-refractivity contribution in [2.24, 2.45) is 0 Å². The topological polar surface area (TPSA) is 82.1 Å². The Hall–Kier alpha value is -2.99. The van der Waals surface area contributed by atoms with Crippen molar-refractivity contribution < 1.29 is 5.11 Å². The fourth-order valence-corrected chi connectivity index (χ4v) is 3.66. The molecule has 1 fully saturated rings. The Bertz CT molecular complexity index is 971. The van der Waals surface area contributed by atoms with Gasteiger partial charge in [0, 0.05) is 48.6 Å². The number of H-pyrrole nitrogens is 1. The zero-order valence-corrected chi connectivity index (χ0v) is 15.0. The van der Waals surface area contributed by atoms with Gasteiger partial charge in [0.2, 0.25) is 0 Å². The molecule has 1 saturated heterocycles. The Kier molecular flexibility index (Phi) is 4.98. The van der Waals surface area contributed by atoms with Gasteiger partial charge in [-0.2, -0.15) is 0 Å². The Balaban J connectivity index is 1.55. The maximum Gasteiger partial charge on any atom is 0.251 e. The minimum absolute atomic E-state index is 0.135. The number of benzene rings is 1. The number of pyridine rings is 1. The number of hydrogen-bond donors (Lipinski definition) is 2. The van der Waals surface area contributed by atoms with Crippen molar-refractivity contribution in [2.45, 2.75) is 25.3 Å². The van der Waals surface area contributed by atoms with Crippen LogP contribution >= 0.6 is 0 Å². The molecule has 138 valence electrons. The molecule has 2 aromatic heterocycles. The number of phenols is 1. The van der Waals surface area contributed by atoms with Crippen LogP contribution in [0.2, 0.25) is 0 Å².